The van der Waals surface area contributed by atoms with Crippen LogP contribution < -0.4 is 11.1 Å². The lowest BCUT2D eigenvalue weighted by atomic mass is 10.1. The van der Waals surface area contributed by atoms with Crippen LogP contribution in [0.2, 0.25) is 0 Å². The summed E-state index contributed by atoms with van der Waals surface area (Å²) in [5.41, 5.74) is 7.57. The first-order valence-electron chi connectivity index (χ1n) is 6.78. The fraction of sp³-hybridized carbons (Fsp3) is 0.357. The molecule has 7 heteroatoms. The number of hydrogen-bond acceptors (Lipinski definition) is 5. The van der Waals surface area contributed by atoms with Crippen LogP contribution in [0.25, 0.3) is 0 Å². The molecule has 0 fully saturated rings. The molecule has 0 unspecified atom stereocenters. The zero-order chi connectivity index (χ0) is 15.1. The first kappa shape index (κ1) is 15.1. The molecule has 0 radical (unpaired) electrons. The van der Waals surface area contributed by atoms with Gasteiger partial charge >= 0.3 is 0 Å². The number of aliphatic hydroxyl groups excluding tert-OH is 1. The summed E-state index contributed by atoms with van der Waals surface area (Å²) in [7, 11) is 0. The molecule has 21 heavy (non-hydrogen) atoms. The Morgan fingerprint density at radius 1 is 1.38 bits per heavy atom. The van der Waals surface area contributed by atoms with Crippen LogP contribution in [0.3, 0.4) is 0 Å². The van der Waals surface area contributed by atoms with E-state index in [1.165, 1.54) is 0 Å². The van der Waals surface area contributed by atoms with E-state index < -0.39 is 5.91 Å². The lowest BCUT2D eigenvalue weighted by molar-refractivity contribution is 0.1000. The van der Waals surface area contributed by atoms with E-state index in [-0.39, 0.29) is 6.61 Å². The first-order valence-corrected chi connectivity index (χ1v) is 6.78. The minimum Gasteiger partial charge on any atom is -0.396 e. The number of benzene rings is 1. The number of aliphatic hydroxyl groups is 1. The zero-order valence-corrected chi connectivity index (χ0v) is 11.7. The van der Waals surface area contributed by atoms with Gasteiger partial charge < -0.3 is 16.2 Å². The third-order valence-corrected chi connectivity index (χ3v) is 2.98. The monoisotopic (exact) mass is 289 g/mol. The molecule has 112 valence electrons. The minimum absolute atomic E-state index is 0.143. The van der Waals surface area contributed by atoms with Crippen molar-refractivity contribution in [1.29, 1.82) is 0 Å². The Labute approximate surface area is 122 Å². The van der Waals surface area contributed by atoms with Gasteiger partial charge in [0, 0.05) is 38.0 Å². The lowest BCUT2D eigenvalue weighted by Gasteiger charge is -2.04. The Balaban J connectivity index is 1.82. The van der Waals surface area contributed by atoms with Gasteiger partial charge in [0.2, 0.25) is 5.91 Å². The summed E-state index contributed by atoms with van der Waals surface area (Å²) in [5, 5.41) is 20.0. The van der Waals surface area contributed by atoms with E-state index in [1.807, 2.05) is 18.3 Å². The van der Waals surface area contributed by atoms with Gasteiger partial charge in [-0.3, -0.25) is 9.48 Å². The summed E-state index contributed by atoms with van der Waals surface area (Å²) in [5.74, 6) is -0.427. The van der Waals surface area contributed by atoms with Crippen molar-refractivity contribution < 1.29 is 9.90 Å². The topological polar surface area (TPSA) is 106 Å². The van der Waals surface area contributed by atoms with Gasteiger partial charge in [0.15, 0.2) is 0 Å². The average Bonchev–Trinajstić information content (AvgIpc) is 2.93. The summed E-state index contributed by atoms with van der Waals surface area (Å²) < 4.78 is 1.71. The maximum Gasteiger partial charge on any atom is 0.248 e. The molecule has 1 amide bonds. The largest absolute Gasteiger partial charge is 0.396 e. The second-order valence-corrected chi connectivity index (χ2v) is 4.72. The number of carbonyl (C=O) groups is 1. The van der Waals surface area contributed by atoms with Crippen molar-refractivity contribution in [2.24, 2.45) is 5.73 Å². The number of aromatic nitrogens is 3. The van der Waals surface area contributed by atoms with E-state index in [9.17, 15) is 4.79 Å². The average molecular weight is 289 g/mol. The van der Waals surface area contributed by atoms with Crippen molar-refractivity contribution >= 4 is 5.91 Å². The fourth-order valence-corrected chi connectivity index (χ4v) is 1.93. The second-order valence-electron chi connectivity index (χ2n) is 4.72. The van der Waals surface area contributed by atoms with Crippen LogP contribution >= 0.6 is 0 Å². The van der Waals surface area contributed by atoms with Crippen LogP contribution in [-0.2, 0) is 19.6 Å². The zero-order valence-electron chi connectivity index (χ0n) is 11.7. The van der Waals surface area contributed by atoms with Crippen LogP contribution in [0.15, 0.2) is 30.5 Å². The van der Waals surface area contributed by atoms with Crippen LogP contribution in [0.1, 0.15) is 28.0 Å². The van der Waals surface area contributed by atoms with E-state index in [0.29, 0.717) is 31.6 Å². The highest BCUT2D eigenvalue weighted by molar-refractivity contribution is 5.92. The lowest BCUT2D eigenvalue weighted by Crippen LogP contribution is -2.15. The van der Waals surface area contributed by atoms with E-state index in [4.69, 9.17) is 10.8 Å². The molecule has 7 nitrogen and oxygen atoms in total. The number of carbonyl (C=O) groups excluding carboxylic acids is 1. The van der Waals surface area contributed by atoms with E-state index >= 15 is 0 Å². The maximum atomic E-state index is 11.1. The molecular weight excluding hydrogens is 270 g/mol. The number of nitrogens with one attached hydrogen (secondary N) is 1. The van der Waals surface area contributed by atoms with Crippen LogP contribution in [0, 0.1) is 0 Å². The molecule has 0 aliphatic carbocycles. The number of amides is 1. The molecule has 0 spiro atoms. The van der Waals surface area contributed by atoms with Gasteiger partial charge in [-0.2, -0.15) is 0 Å². The molecule has 0 saturated carbocycles. The van der Waals surface area contributed by atoms with E-state index in [2.05, 4.69) is 15.6 Å². The molecule has 4 N–H and O–H groups in total. The number of hydrogen-bond donors (Lipinski definition) is 3. The van der Waals surface area contributed by atoms with Crippen LogP contribution in [0.5, 0.6) is 0 Å². The van der Waals surface area contributed by atoms with Gasteiger partial charge in [0.25, 0.3) is 0 Å². The van der Waals surface area contributed by atoms with Crippen molar-refractivity contribution in [2.45, 2.75) is 26.1 Å². The Morgan fingerprint density at radius 2 is 2.24 bits per heavy atom. The first-order chi connectivity index (χ1) is 10.2. The molecule has 0 aliphatic heterocycles. The highest BCUT2D eigenvalue weighted by Gasteiger charge is 2.03. The number of nitrogens with zero attached hydrogens (tertiary/aromatic N) is 3. The molecule has 2 aromatic rings. The van der Waals surface area contributed by atoms with Crippen molar-refractivity contribution in [1.82, 2.24) is 20.3 Å². The second kappa shape index (κ2) is 7.51. The summed E-state index contributed by atoms with van der Waals surface area (Å²) in [4.78, 5) is 11.1. The summed E-state index contributed by atoms with van der Waals surface area (Å²) in [6.07, 6.45) is 2.51. The van der Waals surface area contributed by atoms with Gasteiger partial charge in [-0.15, -0.1) is 5.10 Å². The predicted molar refractivity (Wildman–Crippen MR) is 77.2 cm³/mol. The molecule has 0 bridgehead atoms. The third-order valence-electron chi connectivity index (χ3n) is 2.98. The van der Waals surface area contributed by atoms with Crippen molar-refractivity contribution in [3.63, 3.8) is 0 Å². The van der Waals surface area contributed by atoms with Gasteiger partial charge in [0.1, 0.15) is 0 Å². The minimum atomic E-state index is -0.427. The molecule has 1 aromatic heterocycles. The summed E-state index contributed by atoms with van der Waals surface area (Å²) in [6, 6.07) is 7.20. The van der Waals surface area contributed by atoms with Gasteiger partial charge in [-0.05, 0) is 24.1 Å². The smallest absolute Gasteiger partial charge is 0.248 e. The predicted octanol–water partition coefficient (Wildman–Crippen LogP) is 0.0492. The molecule has 0 aliphatic rings. The molecular formula is C14H19N5O2. The normalized spacial score (nSPS) is 10.7. The van der Waals surface area contributed by atoms with Crippen molar-refractivity contribution in [3.8, 4) is 0 Å². The van der Waals surface area contributed by atoms with E-state index in [0.717, 1.165) is 11.3 Å². The third kappa shape index (κ3) is 4.66. The number of aryl methyl sites for hydroxylation is 1. The van der Waals surface area contributed by atoms with Crippen LogP contribution in [0.4, 0.5) is 0 Å². The van der Waals surface area contributed by atoms with E-state index in [1.54, 1.807) is 16.8 Å². The number of primary amides is 1. The molecule has 1 heterocycles. The quantitative estimate of drug-likeness (QED) is 0.636. The van der Waals surface area contributed by atoms with Gasteiger partial charge in [0.05, 0.1) is 5.69 Å². The Bertz CT molecular complexity index is 597. The molecule has 0 atom stereocenters. The Kier molecular flexibility index (Phi) is 5.42. The Morgan fingerprint density at radius 3 is 3.00 bits per heavy atom. The number of rotatable bonds is 8. The highest BCUT2D eigenvalue weighted by Crippen LogP contribution is 2.05. The van der Waals surface area contributed by atoms with Gasteiger partial charge in [-0.25, -0.2) is 0 Å². The summed E-state index contributed by atoms with van der Waals surface area (Å²) >= 11 is 0. The molecule has 1 aromatic carbocycles. The van der Waals surface area contributed by atoms with Crippen molar-refractivity contribution in [3.05, 3.63) is 47.3 Å². The molecule has 0 saturated heterocycles. The highest BCUT2D eigenvalue weighted by atomic mass is 16.3. The number of nitrogens with two attached hydrogens (primary N) is 1. The standard InChI is InChI=1S/C14H19N5O2/c15-14(21)12-4-1-3-11(7-12)8-16-9-13-10-19(18-17-13)5-2-6-20/h1,3-4,7,10,16,20H,2,5-6,8-9H2,(H2,15,21). The SMILES string of the molecule is NC(=O)c1cccc(CNCc2cn(CCCO)nn2)c1. The van der Waals surface area contributed by atoms with Crippen LogP contribution in [-0.4, -0.2) is 32.6 Å². The molecule has 2 rings (SSSR count). The van der Waals surface area contributed by atoms with Gasteiger partial charge in [-0.1, -0.05) is 17.3 Å². The fourth-order valence-electron chi connectivity index (χ4n) is 1.93. The Hall–Kier alpha value is -2.25. The maximum absolute atomic E-state index is 11.1. The van der Waals surface area contributed by atoms with Crippen molar-refractivity contribution in [2.75, 3.05) is 6.61 Å². The summed E-state index contributed by atoms with van der Waals surface area (Å²) in [6.45, 7) is 2.00.